The summed E-state index contributed by atoms with van der Waals surface area (Å²) in [4.78, 5) is 14.3. The van der Waals surface area contributed by atoms with E-state index in [9.17, 15) is 0 Å². The number of pyridine rings is 1. The van der Waals surface area contributed by atoms with Gasteiger partial charge in [0.05, 0.1) is 18.3 Å². The van der Waals surface area contributed by atoms with Crippen LogP contribution in [-0.4, -0.2) is 22.1 Å². The van der Waals surface area contributed by atoms with Gasteiger partial charge in [-0.2, -0.15) is 0 Å². The summed E-state index contributed by atoms with van der Waals surface area (Å²) < 4.78 is 5.38. The Balaban J connectivity index is 1.96. The fourth-order valence-corrected chi connectivity index (χ4v) is 2.98. The van der Waals surface area contributed by atoms with Crippen LogP contribution in [0.1, 0.15) is 12.6 Å². The number of para-hydroxylation sites is 1. The van der Waals surface area contributed by atoms with Gasteiger partial charge in [-0.3, -0.25) is 0 Å². The normalized spacial score (nSPS) is 10.8. The summed E-state index contributed by atoms with van der Waals surface area (Å²) in [6.45, 7) is 2.09. The van der Waals surface area contributed by atoms with Crippen molar-refractivity contribution in [2.24, 2.45) is 0 Å². The van der Waals surface area contributed by atoms with Crippen molar-refractivity contribution in [3.8, 4) is 28.5 Å². The Morgan fingerprint density at radius 1 is 0.846 bits per heavy atom. The molecule has 26 heavy (non-hydrogen) atoms. The fraction of sp³-hybridized carbons (Fsp3) is 0.136. The van der Waals surface area contributed by atoms with Crippen LogP contribution in [0.4, 0.5) is 0 Å². The van der Waals surface area contributed by atoms with Gasteiger partial charge in [0.1, 0.15) is 11.4 Å². The number of ether oxygens (including phenoxy) is 1. The van der Waals surface area contributed by atoms with Crippen LogP contribution in [0.25, 0.3) is 33.7 Å². The molecule has 0 fully saturated rings. The van der Waals surface area contributed by atoms with Gasteiger partial charge >= 0.3 is 0 Å². The first kappa shape index (κ1) is 16.2. The summed E-state index contributed by atoms with van der Waals surface area (Å²) >= 11 is 0. The third kappa shape index (κ3) is 3.02. The largest absolute Gasteiger partial charge is 0.497 e. The molecule has 0 atom stereocenters. The molecular weight excluding hydrogens is 322 g/mol. The highest BCUT2D eigenvalue weighted by molar-refractivity contribution is 5.93. The van der Waals surface area contributed by atoms with Crippen LogP contribution in [0.15, 0.2) is 66.7 Å². The zero-order chi connectivity index (χ0) is 17.9. The zero-order valence-electron chi connectivity index (χ0n) is 14.8. The highest BCUT2D eigenvalue weighted by atomic mass is 16.5. The van der Waals surface area contributed by atoms with Crippen LogP contribution in [0.5, 0.6) is 5.75 Å². The second kappa shape index (κ2) is 6.92. The molecule has 0 spiro atoms. The quantitative estimate of drug-likeness (QED) is 0.528. The van der Waals surface area contributed by atoms with Crippen LogP contribution < -0.4 is 4.74 Å². The number of rotatable bonds is 4. The van der Waals surface area contributed by atoms with Crippen molar-refractivity contribution in [3.63, 3.8) is 0 Å². The average Bonchev–Trinajstić information content (AvgIpc) is 2.73. The molecule has 4 heteroatoms. The molecule has 0 saturated carbocycles. The molecule has 0 aliphatic carbocycles. The fourth-order valence-electron chi connectivity index (χ4n) is 2.98. The first-order valence-electron chi connectivity index (χ1n) is 8.66. The second-order valence-corrected chi connectivity index (χ2v) is 6.01. The predicted molar refractivity (Wildman–Crippen MR) is 104 cm³/mol. The molecule has 0 saturated heterocycles. The molecule has 0 amide bonds. The Morgan fingerprint density at radius 2 is 1.69 bits per heavy atom. The lowest BCUT2D eigenvalue weighted by Gasteiger charge is -2.10. The molecule has 4 rings (SSSR count). The van der Waals surface area contributed by atoms with Gasteiger partial charge in [0.2, 0.25) is 0 Å². The molecule has 2 aromatic heterocycles. The maximum atomic E-state index is 5.38. The monoisotopic (exact) mass is 341 g/mol. The highest BCUT2D eigenvalue weighted by Gasteiger charge is 2.12. The molecule has 4 nitrogen and oxygen atoms in total. The molecule has 0 radical (unpaired) electrons. The van der Waals surface area contributed by atoms with E-state index in [-0.39, 0.29) is 0 Å². The predicted octanol–water partition coefficient (Wildman–Crippen LogP) is 4.93. The van der Waals surface area contributed by atoms with Crippen molar-refractivity contribution in [3.05, 3.63) is 72.4 Å². The molecule has 0 aliphatic heterocycles. The molecule has 128 valence electrons. The van der Waals surface area contributed by atoms with E-state index < -0.39 is 0 Å². The number of nitrogens with zero attached hydrogens (tertiary/aromatic N) is 3. The molecular formula is C22H19N3O. The molecule has 4 aromatic rings. The van der Waals surface area contributed by atoms with Crippen molar-refractivity contribution in [1.82, 2.24) is 15.0 Å². The SMILES string of the molecule is CCc1cccc(-c2nc(-c3cccc(OC)c3)c3ccccc3n2)n1. The van der Waals surface area contributed by atoms with Crippen LogP contribution >= 0.6 is 0 Å². The average molecular weight is 341 g/mol. The summed E-state index contributed by atoms with van der Waals surface area (Å²) in [7, 11) is 1.67. The number of fused-ring (bicyclic) bond motifs is 1. The van der Waals surface area contributed by atoms with Crippen molar-refractivity contribution in [2.45, 2.75) is 13.3 Å². The maximum Gasteiger partial charge on any atom is 0.179 e. The van der Waals surface area contributed by atoms with Gasteiger partial charge in [0.25, 0.3) is 0 Å². The topological polar surface area (TPSA) is 47.9 Å². The van der Waals surface area contributed by atoms with E-state index >= 15 is 0 Å². The number of hydrogen-bond acceptors (Lipinski definition) is 4. The number of benzene rings is 2. The van der Waals surface area contributed by atoms with Gasteiger partial charge in [0, 0.05) is 16.6 Å². The van der Waals surface area contributed by atoms with E-state index in [0.717, 1.165) is 45.7 Å². The molecule has 0 N–H and O–H groups in total. The van der Waals surface area contributed by atoms with E-state index in [1.165, 1.54) is 0 Å². The van der Waals surface area contributed by atoms with E-state index in [2.05, 4.69) is 11.9 Å². The van der Waals surface area contributed by atoms with Gasteiger partial charge in [0.15, 0.2) is 5.82 Å². The Hall–Kier alpha value is -3.27. The Morgan fingerprint density at radius 3 is 2.54 bits per heavy atom. The van der Waals surface area contributed by atoms with E-state index in [4.69, 9.17) is 14.7 Å². The van der Waals surface area contributed by atoms with E-state index in [1.54, 1.807) is 7.11 Å². The zero-order valence-corrected chi connectivity index (χ0v) is 14.8. The van der Waals surface area contributed by atoms with Gasteiger partial charge < -0.3 is 4.74 Å². The molecule has 2 heterocycles. The lowest BCUT2D eigenvalue weighted by atomic mass is 10.1. The molecule has 2 aromatic carbocycles. The smallest absolute Gasteiger partial charge is 0.179 e. The van der Waals surface area contributed by atoms with Crippen LogP contribution in [0.3, 0.4) is 0 Å². The minimum absolute atomic E-state index is 0.636. The summed E-state index contributed by atoms with van der Waals surface area (Å²) in [6, 6.07) is 22.0. The second-order valence-electron chi connectivity index (χ2n) is 6.01. The Labute approximate surface area is 152 Å². The van der Waals surface area contributed by atoms with Crippen molar-refractivity contribution >= 4 is 10.9 Å². The number of aromatic nitrogens is 3. The summed E-state index contributed by atoms with van der Waals surface area (Å²) in [5.74, 6) is 1.44. The van der Waals surface area contributed by atoms with Crippen LogP contribution in [0.2, 0.25) is 0 Å². The summed E-state index contributed by atoms with van der Waals surface area (Å²) in [5.41, 5.74) is 4.60. The van der Waals surface area contributed by atoms with Gasteiger partial charge in [-0.25, -0.2) is 15.0 Å². The third-order valence-corrected chi connectivity index (χ3v) is 4.34. The van der Waals surface area contributed by atoms with Crippen LogP contribution in [0, 0.1) is 0 Å². The highest BCUT2D eigenvalue weighted by Crippen LogP contribution is 2.30. The standard InChI is InChI=1S/C22H19N3O/c1-3-16-9-7-13-20(23-16)22-24-19-12-5-4-11-18(19)21(25-22)15-8-6-10-17(14-15)26-2/h4-14H,3H2,1-2H3. The van der Waals surface area contributed by atoms with Gasteiger partial charge in [-0.1, -0.05) is 43.3 Å². The maximum absolute atomic E-state index is 5.38. The molecule has 0 unspecified atom stereocenters. The summed E-state index contributed by atoms with van der Waals surface area (Å²) in [6.07, 6.45) is 0.879. The van der Waals surface area contributed by atoms with Gasteiger partial charge in [-0.05, 0) is 36.8 Å². The van der Waals surface area contributed by atoms with Crippen LogP contribution in [-0.2, 0) is 6.42 Å². The molecule has 0 bridgehead atoms. The Bertz CT molecular complexity index is 1080. The lowest BCUT2D eigenvalue weighted by Crippen LogP contribution is -1.98. The minimum Gasteiger partial charge on any atom is -0.497 e. The van der Waals surface area contributed by atoms with E-state index in [0.29, 0.717) is 5.82 Å². The number of aryl methyl sites for hydroxylation is 1. The van der Waals surface area contributed by atoms with E-state index in [1.807, 2.05) is 66.7 Å². The first-order chi connectivity index (χ1) is 12.8. The first-order valence-corrected chi connectivity index (χ1v) is 8.66. The van der Waals surface area contributed by atoms with Crippen molar-refractivity contribution in [1.29, 1.82) is 0 Å². The number of methoxy groups -OCH3 is 1. The molecule has 0 aliphatic rings. The third-order valence-electron chi connectivity index (χ3n) is 4.34. The number of hydrogen-bond donors (Lipinski definition) is 0. The minimum atomic E-state index is 0.636. The van der Waals surface area contributed by atoms with Crippen molar-refractivity contribution < 1.29 is 4.74 Å². The Kier molecular flexibility index (Phi) is 4.32. The summed E-state index contributed by atoms with van der Waals surface area (Å²) in [5, 5.41) is 1.01. The lowest BCUT2D eigenvalue weighted by molar-refractivity contribution is 0.415. The van der Waals surface area contributed by atoms with Crippen molar-refractivity contribution in [2.75, 3.05) is 7.11 Å². The van der Waals surface area contributed by atoms with Gasteiger partial charge in [-0.15, -0.1) is 0 Å².